The number of aliphatic hydroxyl groups is 1. The molecule has 86 valence electrons. The third-order valence-corrected chi connectivity index (χ3v) is 1.17. The third kappa shape index (κ3) is 12.3. The van der Waals surface area contributed by atoms with Crippen molar-refractivity contribution >= 4 is 11.9 Å². The molecule has 0 aliphatic heterocycles. The number of carboxylic acid groups (broad SMARTS) is 1. The minimum absolute atomic E-state index is 0.00458. The van der Waals surface area contributed by atoms with Gasteiger partial charge in [-0.05, 0) is 13.3 Å². The summed E-state index contributed by atoms with van der Waals surface area (Å²) in [5.41, 5.74) is 0.282. The molecule has 0 aromatic carbocycles. The van der Waals surface area contributed by atoms with Gasteiger partial charge < -0.3 is 10.2 Å². The van der Waals surface area contributed by atoms with Crippen LogP contribution in [0.4, 0.5) is 0 Å². The van der Waals surface area contributed by atoms with E-state index in [1.165, 1.54) is 13.0 Å². The lowest BCUT2D eigenvalue weighted by atomic mass is 10.2. The molecule has 0 spiro atoms. The number of hydrogen-bond acceptors (Lipinski definition) is 5. The quantitative estimate of drug-likeness (QED) is 0.362. The maximum atomic E-state index is 10.1. The van der Waals surface area contributed by atoms with Crippen LogP contribution in [-0.2, 0) is 14.5 Å². The zero-order valence-electron chi connectivity index (χ0n) is 8.34. The number of carbonyl (C=O) groups excluding carboxylic acids is 1. The van der Waals surface area contributed by atoms with Crippen molar-refractivity contribution in [1.82, 2.24) is 0 Å². The zero-order chi connectivity index (χ0) is 12.3. The standard InChI is InChI=1S/C6H10O3.C3H4O3/c1-5(6(8)9)3-2-4-7;1-2-3(4)6-5/h3,7H,2,4H2,1H3,(H,8,9);2,5H,1H2. The van der Waals surface area contributed by atoms with Crippen molar-refractivity contribution in [3.05, 3.63) is 24.3 Å². The first-order valence-electron chi connectivity index (χ1n) is 3.98. The van der Waals surface area contributed by atoms with Gasteiger partial charge in [-0.2, -0.15) is 5.26 Å². The van der Waals surface area contributed by atoms with Crippen molar-refractivity contribution in [3.63, 3.8) is 0 Å². The number of rotatable bonds is 4. The van der Waals surface area contributed by atoms with Gasteiger partial charge in [0.15, 0.2) is 0 Å². The van der Waals surface area contributed by atoms with Gasteiger partial charge in [0.25, 0.3) is 0 Å². The zero-order valence-corrected chi connectivity index (χ0v) is 8.34. The highest BCUT2D eigenvalue weighted by Gasteiger charge is 1.96. The molecule has 0 aromatic rings. The van der Waals surface area contributed by atoms with Gasteiger partial charge in [-0.15, -0.1) is 0 Å². The molecule has 0 atom stereocenters. The van der Waals surface area contributed by atoms with E-state index in [0.717, 1.165) is 6.08 Å². The first-order valence-corrected chi connectivity index (χ1v) is 3.98. The van der Waals surface area contributed by atoms with Gasteiger partial charge in [0.2, 0.25) is 0 Å². The number of carboxylic acids is 1. The molecule has 15 heavy (non-hydrogen) atoms. The van der Waals surface area contributed by atoms with E-state index >= 15 is 0 Å². The Hall–Kier alpha value is -1.66. The van der Waals surface area contributed by atoms with Crippen LogP contribution in [0.3, 0.4) is 0 Å². The molecule has 0 radical (unpaired) electrons. The highest BCUT2D eigenvalue weighted by Crippen LogP contribution is 1.93. The summed E-state index contributed by atoms with van der Waals surface area (Å²) in [4.78, 5) is 22.8. The Bertz CT molecular complexity index is 243. The fourth-order valence-electron chi connectivity index (χ4n) is 0.406. The van der Waals surface area contributed by atoms with Crippen LogP contribution in [0.25, 0.3) is 0 Å². The van der Waals surface area contributed by atoms with E-state index in [4.69, 9.17) is 15.5 Å². The SMILES string of the molecule is C=CC(=O)OO.CC(=CCCO)C(=O)O. The molecule has 0 rings (SSSR count). The van der Waals surface area contributed by atoms with E-state index in [2.05, 4.69) is 11.5 Å². The van der Waals surface area contributed by atoms with Crippen molar-refractivity contribution < 1.29 is 29.9 Å². The molecule has 0 amide bonds. The normalized spacial score (nSPS) is 9.67. The lowest BCUT2D eigenvalue weighted by Gasteiger charge is -1.89. The van der Waals surface area contributed by atoms with Crippen LogP contribution in [0.5, 0.6) is 0 Å². The smallest absolute Gasteiger partial charge is 0.365 e. The Morgan fingerprint density at radius 1 is 1.47 bits per heavy atom. The van der Waals surface area contributed by atoms with Crippen LogP contribution in [-0.4, -0.2) is 34.0 Å². The topological polar surface area (TPSA) is 104 Å². The molecule has 3 N–H and O–H groups in total. The molecule has 0 unspecified atom stereocenters. The van der Waals surface area contributed by atoms with Crippen LogP contribution < -0.4 is 0 Å². The minimum Gasteiger partial charge on any atom is -0.478 e. The molecule has 0 bridgehead atoms. The van der Waals surface area contributed by atoms with E-state index in [9.17, 15) is 9.59 Å². The summed E-state index contributed by atoms with van der Waals surface area (Å²) in [5, 5.41) is 23.9. The van der Waals surface area contributed by atoms with E-state index in [1.54, 1.807) is 0 Å². The number of hydrogen-bond donors (Lipinski definition) is 3. The molecular formula is C9H14O6. The minimum atomic E-state index is -0.927. The third-order valence-electron chi connectivity index (χ3n) is 1.17. The van der Waals surface area contributed by atoms with Crippen LogP contribution in [0.1, 0.15) is 13.3 Å². The molecule has 0 aliphatic carbocycles. The lowest BCUT2D eigenvalue weighted by Crippen LogP contribution is -1.95. The predicted molar refractivity (Wildman–Crippen MR) is 52.0 cm³/mol. The first kappa shape index (κ1) is 15.8. The van der Waals surface area contributed by atoms with Crippen molar-refractivity contribution in [2.75, 3.05) is 6.61 Å². The first-order chi connectivity index (χ1) is 6.99. The summed E-state index contributed by atoms with van der Waals surface area (Å²) < 4.78 is 0. The summed E-state index contributed by atoms with van der Waals surface area (Å²) >= 11 is 0. The van der Waals surface area contributed by atoms with E-state index in [-0.39, 0.29) is 12.2 Å². The van der Waals surface area contributed by atoms with Gasteiger partial charge in [-0.25, -0.2) is 9.59 Å². The van der Waals surface area contributed by atoms with Crippen LogP contribution in [0, 0.1) is 0 Å². The fourth-order valence-corrected chi connectivity index (χ4v) is 0.406. The number of aliphatic carboxylic acids is 1. The Labute approximate surface area is 87.0 Å². The monoisotopic (exact) mass is 218 g/mol. The molecule has 0 aromatic heterocycles. The van der Waals surface area contributed by atoms with Crippen LogP contribution in [0.15, 0.2) is 24.3 Å². The molecule has 6 nitrogen and oxygen atoms in total. The second-order valence-corrected chi connectivity index (χ2v) is 2.32. The second kappa shape index (κ2) is 10.4. The molecule has 0 heterocycles. The summed E-state index contributed by atoms with van der Waals surface area (Å²) in [5.74, 6) is -1.77. The molecule has 0 saturated heterocycles. The van der Waals surface area contributed by atoms with Gasteiger partial charge in [0.05, 0.1) is 0 Å². The molecule has 0 fully saturated rings. The van der Waals surface area contributed by atoms with E-state index in [0.29, 0.717) is 6.42 Å². The molecular weight excluding hydrogens is 204 g/mol. The van der Waals surface area contributed by atoms with E-state index < -0.39 is 11.9 Å². The summed E-state index contributed by atoms with van der Waals surface area (Å²) in [6, 6.07) is 0. The Morgan fingerprint density at radius 3 is 2.20 bits per heavy atom. The summed E-state index contributed by atoms with van der Waals surface area (Å²) in [6.45, 7) is 4.50. The maximum Gasteiger partial charge on any atom is 0.365 e. The van der Waals surface area contributed by atoms with Crippen molar-refractivity contribution in [3.8, 4) is 0 Å². The number of aliphatic hydroxyl groups excluding tert-OH is 1. The molecule has 6 heteroatoms. The maximum absolute atomic E-state index is 10.1. The van der Waals surface area contributed by atoms with Crippen molar-refractivity contribution in [1.29, 1.82) is 0 Å². The average Bonchev–Trinajstić information content (AvgIpc) is 2.25. The average molecular weight is 218 g/mol. The lowest BCUT2D eigenvalue weighted by molar-refractivity contribution is -0.228. The Morgan fingerprint density at radius 2 is 2.00 bits per heavy atom. The predicted octanol–water partition coefficient (Wildman–Crippen LogP) is 0.588. The van der Waals surface area contributed by atoms with Gasteiger partial charge >= 0.3 is 11.9 Å². The van der Waals surface area contributed by atoms with Gasteiger partial charge in [-0.1, -0.05) is 12.7 Å². The Kier molecular flexibility index (Phi) is 11.0. The highest BCUT2D eigenvalue weighted by molar-refractivity contribution is 5.85. The molecule has 0 saturated carbocycles. The summed E-state index contributed by atoms with van der Waals surface area (Å²) in [6.07, 6.45) is 2.76. The highest BCUT2D eigenvalue weighted by atomic mass is 17.1. The van der Waals surface area contributed by atoms with Crippen LogP contribution in [0.2, 0.25) is 0 Å². The Balaban J connectivity index is 0. The second-order valence-electron chi connectivity index (χ2n) is 2.32. The van der Waals surface area contributed by atoms with Gasteiger partial charge in [0.1, 0.15) is 0 Å². The van der Waals surface area contributed by atoms with Gasteiger partial charge in [-0.3, -0.25) is 4.89 Å². The van der Waals surface area contributed by atoms with Crippen molar-refractivity contribution in [2.45, 2.75) is 13.3 Å². The van der Waals surface area contributed by atoms with E-state index in [1.807, 2.05) is 0 Å². The van der Waals surface area contributed by atoms with Gasteiger partial charge in [0, 0.05) is 18.3 Å². The molecule has 0 aliphatic rings. The van der Waals surface area contributed by atoms with Crippen LogP contribution >= 0.6 is 0 Å². The summed E-state index contributed by atoms with van der Waals surface area (Å²) in [7, 11) is 0. The van der Waals surface area contributed by atoms with Crippen molar-refractivity contribution in [2.24, 2.45) is 0 Å². The largest absolute Gasteiger partial charge is 0.478 e. The fraction of sp³-hybridized carbons (Fsp3) is 0.333. The number of carbonyl (C=O) groups is 2.